The summed E-state index contributed by atoms with van der Waals surface area (Å²) < 4.78 is 0. The molecule has 2 rings (SSSR count). The summed E-state index contributed by atoms with van der Waals surface area (Å²) in [6, 6.07) is 7.65. The van der Waals surface area contributed by atoms with E-state index in [1.807, 2.05) is 30.3 Å². The number of hydrogen-bond acceptors (Lipinski definition) is 5. The predicted octanol–water partition coefficient (Wildman–Crippen LogP) is 1.09. The first-order valence-electron chi connectivity index (χ1n) is 13.6. The van der Waals surface area contributed by atoms with E-state index in [0.717, 1.165) is 50.6 Å². The Hall–Kier alpha value is -3.14. The summed E-state index contributed by atoms with van der Waals surface area (Å²) in [5.41, 5.74) is 11.7. The van der Waals surface area contributed by atoms with E-state index >= 15 is 0 Å². The molecule has 1 aromatic rings. The van der Waals surface area contributed by atoms with Crippen LogP contribution in [0.1, 0.15) is 70.3 Å². The van der Waals surface area contributed by atoms with Crippen LogP contribution in [-0.4, -0.2) is 61.4 Å². The number of nitrogens with zero attached hydrogens (tertiary/aromatic N) is 1. The van der Waals surface area contributed by atoms with E-state index < -0.39 is 12.1 Å². The zero-order valence-corrected chi connectivity index (χ0v) is 22.1. The van der Waals surface area contributed by atoms with Gasteiger partial charge in [-0.2, -0.15) is 0 Å². The van der Waals surface area contributed by atoms with Gasteiger partial charge in [-0.25, -0.2) is 0 Å². The first kappa shape index (κ1) is 30.1. The molecule has 0 bridgehead atoms. The van der Waals surface area contributed by atoms with Gasteiger partial charge in [0.05, 0.1) is 6.04 Å². The van der Waals surface area contributed by atoms with Gasteiger partial charge in [-0.15, -0.1) is 0 Å². The van der Waals surface area contributed by atoms with Gasteiger partial charge < -0.3 is 32.7 Å². The third-order valence-corrected chi connectivity index (χ3v) is 6.45. The van der Waals surface area contributed by atoms with Crippen molar-refractivity contribution in [1.82, 2.24) is 21.3 Å². The SMILES string of the molecule is CCCCCCCNC(=O)[C@H](CCCN=C(N)N)NC(=O)[C@H](Cc1ccccc1)NC(=O)[C@H]1CCCN1. The Kier molecular flexibility index (Phi) is 14.1. The minimum absolute atomic E-state index is 0.0109. The molecule has 0 aromatic heterocycles. The van der Waals surface area contributed by atoms with Crippen molar-refractivity contribution >= 4 is 23.7 Å². The number of unbranched alkanes of at least 4 members (excludes halogenated alkanes) is 4. The van der Waals surface area contributed by atoms with Gasteiger partial charge in [-0.05, 0) is 44.2 Å². The number of nitrogens with two attached hydrogens (primary N) is 2. The summed E-state index contributed by atoms with van der Waals surface area (Å²) in [6.07, 6.45) is 8.30. The lowest BCUT2D eigenvalue weighted by atomic mass is 10.0. The molecule has 206 valence electrons. The maximum atomic E-state index is 13.4. The quantitative estimate of drug-likeness (QED) is 0.103. The second-order valence-electron chi connectivity index (χ2n) is 9.62. The molecule has 10 heteroatoms. The van der Waals surface area contributed by atoms with E-state index in [9.17, 15) is 14.4 Å². The third kappa shape index (κ3) is 12.1. The van der Waals surface area contributed by atoms with Crippen LogP contribution in [0.3, 0.4) is 0 Å². The van der Waals surface area contributed by atoms with Crippen LogP contribution in [0.5, 0.6) is 0 Å². The van der Waals surface area contributed by atoms with Crippen LogP contribution >= 0.6 is 0 Å². The largest absolute Gasteiger partial charge is 0.370 e. The molecular formula is C27H45N7O3. The summed E-state index contributed by atoms with van der Waals surface area (Å²) in [4.78, 5) is 43.2. The molecule has 0 radical (unpaired) electrons. The molecule has 1 heterocycles. The fourth-order valence-corrected chi connectivity index (χ4v) is 4.35. The number of rotatable bonds is 17. The molecular weight excluding hydrogens is 470 g/mol. The molecule has 0 unspecified atom stereocenters. The Bertz CT molecular complexity index is 853. The molecule has 0 spiro atoms. The maximum Gasteiger partial charge on any atom is 0.243 e. The minimum Gasteiger partial charge on any atom is -0.370 e. The fraction of sp³-hybridized carbons (Fsp3) is 0.630. The highest BCUT2D eigenvalue weighted by molar-refractivity contribution is 5.93. The highest BCUT2D eigenvalue weighted by Crippen LogP contribution is 2.09. The summed E-state index contributed by atoms with van der Waals surface area (Å²) in [5, 5.41) is 11.9. The van der Waals surface area contributed by atoms with Crippen LogP contribution < -0.4 is 32.7 Å². The van der Waals surface area contributed by atoms with Crippen molar-refractivity contribution in [1.29, 1.82) is 0 Å². The average molecular weight is 516 g/mol. The van der Waals surface area contributed by atoms with Gasteiger partial charge >= 0.3 is 0 Å². The molecule has 3 atom stereocenters. The average Bonchev–Trinajstić information content (AvgIpc) is 3.43. The highest BCUT2D eigenvalue weighted by atomic mass is 16.2. The molecule has 10 nitrogen and oxygen atoms in total. The molecule has 37 heavy (non-hydrogen) atoms. The maximum absolute atomic E-state index is 13.4. The first-order valence-corrected chi connectivity index (χ1v) is 13.6. The van der Waals surface area contributed by atoms with Crippen molar-refractivity contribution in [2.24, 2.45) is 16.5 Å². The monoisotopic (exact) mass is 515 g/mol. The number of benzene rings is 1. The van der Waals surface area contributed by atoms with Crippen LogP contribution in [0.15, 0.2) is 35.3 Å². The van der Waals surface area contributed by atoms with Crippen molar-refractivity contribution in [3.8, 4) is 0 Å². The van der Waals surface area contributed by atoms with Gasteiger partial charge in [0, 0.05) is 19.5 Å². The van der Waals surface area contributed by atoms with Crippen LogP contribution in [-0.2, 0) is 20.8 Å². The number of aliphatic imine (C=N–C) groups is 1. The number of hydrogen-bond donors (Lipinski definition) is 6. The van der Waals surface area contributed by atoms with E-state index in [1.54, 1.807) is 0 Å². The number of carbonyl (C=O) groups is 3. The predicted molar refractivity (Wildman–Crippen MR) is 147 cm³/mol. The normalized spacial score (nSPS) is 16.4. The molecule has 1 saturated heterocycles. The molecule has 3 amide bonds. The summed E-state index contributed by atoms with van der Waals surface area (Å²) in [5.74, 6) is -0.839. The fourth-order valence-electron chi connectivity index (χ4n) is 4.35. The molecule has 0 saturated carbocycles. The van der Waals surface area contributed by atoms with Gasteiger partial charge in [-0.1, -0.05) is 62.9 Å². The zero-order chi connectivity index (χ0) is 26.9. The Morgan fingerprint density at radius 3 is 2.43 bits per heavy atom. The van der Waals surface area contributed by atoms with E-state index in [-0.39, 0.29) is 29.7 Å². The minimum atomic E-state index is -0.806. The number of amides is 3. The van der Waals surface area contributed by atoms with E-state index in [0.29, 0.717) is 32.4 Å². The third-order valence-electron chi connectivity index (χ3n) is 6.45. The number of carbonyl (C=O) groups excluding carboxylic acids is 3. The summed E-state index contributed by atoms with van der Waals surface area (Å²) in [6.45, 7) is 3.86. The Labute approximate surface area is 220 Å². The van der Waals surface area contributed by atoms with Crippen molar-refractivity contribution in [2.75, 3.05) is 19.6 Å². The standard InChI is InChI=1S/C27H45N7O3/c1-2-3-4-5-9-16-31-24(35)22(15-11-18-32-27(28)29)33-26(37)23(19-20-12-7-6-8-13-20)34-25(36)21-14-10-17-30-21/h6-8,12-13,21-23,30H,2-5,9-11,14-19H2,1H3,(H,31,35)(H,33,37)(H,34,36)(H4,28,29,32)/t21-,22+,23+/m1/s1. The van der Waals surface area contributed by atoms with Gasteiger partial charge in [0.1, 0.15) is 12.1 Å². The Balaban J connectivity index is 2.05. The lowest BCUT2D eigenvalue weighted by Gasteiger charge is -2.24. The van der Waals surface area contributed by atoms with Crippen molar-refractivity contribution in [2.45, 2.75) is 89.3 Å². The van der Waals surface area contributed by atoms with Gasteiger partial charge in [0.25, 0.3) is 0 Å². The van der Waals surface area contributed by atoms with Gasteiger partial charge in [0.2, 0.25) is 17.7 Å². The van der Waals surface area contributed by atoms with Crippen molar-refractivity contribution in [3.05, 3.63) is 35.9 Å². The van der Waals surface area contributed by atoms with Crippen LogP contribution in [0.2, 0.25) is 0 Å². The van der Waals surface area contributed by atoms with Crippen LogP contribution in [0, 0.1) is 0 Å². The summed E-state index contributed by atoms with van der Waals surface area (Å²) in [7, 11) is 0. The molecule has 0 aliphatic carbocycles. The Morgan fingerprint density at radius 1 is 1.00 bits per heavy atom. The molecule has 1 aliphatic heterocycles. The first-order chi connectivity index (χ1) is 17.9. The Morgan fingerprint density at radius 2 is 1.76 bits per heavy atom. The van der Waals surface area contributed by atoms with Crippen LogP contribution in [0.4, 0.5) is 0 Å². The van der Waals surface area contributed by atoms with Gasteiger partial charge in [0.15, 0.2) is 5.96 Å². The molecule has 1 fully saturated rings. The molecule has 1 aliphatic rings. The smallest absolute Gasteiger partial charge is 0.243 e. The topological polar surface area (TPSA) is 164 Å². The molecule has 1 aromatic carbocycles. The summed E-state index contributed by atoms with van der Waals surface area (Å²) >= 11 is 0. The van der Waals surface area contributed by atoms with E-state index in [4.69, 9.17) is 11.5 Å². The van der Waals surface area contributed by atoms with E-state index in [1.165, 1.54) is 6.42 Å². The lowest BCUT2D eigenvalue weighted by Crippen LogP contribution is -2.56. The van der Waals surface area contributed by atoms with Crippen LogP contribution in [0.25, 0.3) is 0 Å². The number of guanidine groups is 1. The highest BCUT2D eigenvalue weighted by Gasteiger charge is 2.30. The second-order valence-corrected chi connectivity index (χ2v) is 9.62. The second kappa shape index (κ2) is 17.3. The lowest BCUT2D eigenvalue weighted by molar-refractivity contribution is -0.132. The zero-order valence-electron chi connectivity index (χ0n) is 22.1. The van der Waals surface area contributed by atoms with Crippen molar-refractivity contribution in [3.63, 3.8) is 0 Å². The molecule has 8 N–H and O–H groups in total. The number of nitrogens with one attached hydrogen (secondary N) is 4. The van der Waals surface area contributed by atoms with Crippen molar-refractivity contribution < 1.29 is 14.4 Å². The van der Waals surface area contributed by atoms with Gasteiger partial charge in [-0.3, -0.25) is 19.4 Å². The van der Waals surface area contributed by atoms with E-state index in [2.05, 4.69) is 33.2 Å².